The Kier molecular flexibility index (Phi) is 4.48. The molecule has 7 nitrogen and oxygen atoms in total. The Labute approximate surface area is 126 Å². The first kappa shape index (κ1) is 16.0. The smallest absolute Gasteiger partial charge is 0.260 e. The van der Waals surface area contributed by atoms with Gasteiger partial charge in [0.05, 0.1) is 28.1 Å². The van der Waals surface area contributed by atoms with Crippen molar-refractivity contribution in [3.05, 3.63) is 64.2 Å². The number of hydrogen-bond acceptors (Lipinski definition) is 5. The van der Waals surface area contributed by atoms with Gasteiger partial charge in [0.2, 0.25) is 10.0 Å². The molecule has 0 N–H and O–H groups in total. The summed E-state index contributed by atoms with van der Waals surface area (Å²) in [4.78, 5) is 13.4. The molecule has 0 aliphatic carbocycles. The lowest BCUT2D eigenvalue weighted by molar-refractivity contribution is -0.385. The molecule has 0 fully saturated rings. The summed E-state index contributed by atoms with van der Waals surface area (Å²) in [6.45, 7) is -0.0342. The van der Waals surface area contributed by atoms with Crippen LogP contribution < -0.4 is 0 Å². The first-order valence-corrected chi connectivity index (χ1v) is 7.56. The molecule has 1 heterocycles. The Bertz CT molecular complexity index is 796. The summed E-state index contributed by atoms with van der Waals surface area (Å²) >= 11 is 0. The third-order valence-corrected chi connectivity index (χ3v) is 4.67. The topological polar surface area (TPSA) is 93.4 Å². The lowest BCUT2D eigenvalue weighted by Gasteiger charge is -2.16. The first-order chi connectivity index (χ1) is 10.3. The number of aromatic nitrogens is 1. The standard InChI is InChI=1S/C13H12FN3O4S/c1-16(9-11-4-2-3-5-15-11)22(20,21)13-7-10(14)6-12(8-13)17(18)19/h2-8H,9H2,1H3. The lowest BCUT2D eigenvalue weighted by atomic mass is 10.3. The number of rotatable bonds is 5. The Morgan fingerprint density at radius 2 is 2.05 bits per heavy atom. The summed E-state index contributed by atoms with van der Waals surface area (Å²) in [5.74, 6) is -0.987. The van der Waals surface area contributed by atoms with Gasteiger partial charge in [-0.15, -0.1) is 0 Å². The van der Waals surface area contributed by atoms with E-state index in [9.17, 15) is 22.9 Å². The van der Waals surface area contributed by atoms with Gasteiger partial charge in [-0.3, -0.25) is 15.1 Å². The van der Waals surface area contributed by atoms with Gasteiger partial charge in [-0.1, -0.05) is 6.07 Å². The number of nitro groups is 1. The van der Waals surface area contributed by atoms with E-state index >= 15 is 0 Å². The molecule has 0 bridgehead atoms. The van der Waals surface area contributed by atoms with Crippen molar-refractivity contribution >= 4 is 15.7 Å². The molecule has 0 spiro atoms. The van der Waals surface area contributed by atoms with E-state index in [1.54, 1.807) is 18.2 Å². The van der Waals surface area contributed by atoms with E-state index in [-0.39, 0.29) is 6.54 Å². The highest BCUT2D eigenvalue weighted by atomic mass is 32.2. The maximum atomic E-state index is 13.4. The van der Waals surface area contributed by atoms with Gasteiger partial charge in [0.1, 0.15) is 5.82 Å². The van der Waals surface area contributed by atoms with Gasteiger partial charge in [0, 0.05) is 19.3 Å². The van der Waals surface area contributed by atoms with Crippen LogP contribution in [-0.4, -0.2) is 29.7 Å². The van der Waals surface area contributed by atoms with E-state index in [1.165, 1.54) is 13.2 Å². The van der Waals surface area contributed by atoms with E-state index in [1.807, 2.05) is 0 Å². The third kappa shape index (κ3) is 3.43. The second kappa shape index (κ2) is 6.16. The molecule has 2 aromatic rings. The highest BCUT2D eigenvalue weighted by molar-refractivity contribution is 7.89. The Morgan fingerprint density at radius 1 is 1.32 bits per heavy atom. The average molecular weight is 325 g/mol. The number of halogens is 1. The van der Waals surface area contributed by atoms with Crippen molar-refractivity contribution in [3.63, 3.8) is 0 Å². The highest BCUT2D eigenvalue weighted by Gasteiger charge is 2.24. The van der Waals surface area contributed by atoms with Gasteiger partial charge in [-0.05, 0) is 18.2 Å². The van der Waals surface area contributed by atoms with Crippen LogP contribution in [0.1, 0.15) is 5.69 Å². The first-order valence-electron chi connectivity index (χ1n) is 6.12. The molecule has 116 valence electrons. The van der Waals surface area contributed by atoms with Gasteiger partial charge in [-0.25, -0.2) is 12.8 Å². The number of nitrogens with zero attached hydrogens (tertiary/aromatic N) is 3. The summed E-state index contributed by atoms with van der Waals surface area (Å²) in [6, 6.07) is 7.27. The molecular weight excluding hydrogens is 313 g/mol. The van der Waals surface area contributed by atoms with E-state index in [0.29, 0.717) is 11.8 Å². The monoisotopic (exact) mass is 325 g/mol. The summed E-state index contributed by atoms with van der Waals surface area (Å²) in [5, 5.41) is 10.7. The quantitative estimate of drug-likeness (QED) is 0.618. The summed E-state index contributed by atoms with van der Waals surface area (Å²) < 4.78 is 39.1. The van der Waals surface area contributed by atoms with E-state index < -0.39 is 31.3 Å². The van der Waals surface area contributed by atoms with E-state index in [2.05, 4.69) is 4.98 Å². The van der Waals surface area contributed by atoms with Crippen LogP contribution in [0.2, 0.25) is 0 Å². The molecule has 0 atom stereocenters. The zero-order valence-electron chi connectivity index (χ0n) is 11.5. The number of non-ortho nitro benzene ring substituents is 1. The van der Waals surface area contributed by atoms with Crippen molar-refractivity contribution in [2.45, 2.75) is 11.4 Å². The predicted molar refractivity (Wildman–Crippen MR) is 75.9 cm³/mol. The molecule has 0 unspecified atom stereocenters. The number of hydrogen-bond donors (Lipinski definition) is 0. The summed E-state index contributed by atoms with van der Waals surface area (Å²) in [5.41, 5.74) is -0.121. The molecule has 1 aromatic carbocycles. The van der Waals surface area contributed by atoms with Crippen molar-refractivity contribution in [1.82, 2.24) is 9.29 Å². The van der Waals surface area contributed by atoms with Crippen LogP contribution in [0.3, 0.4) is 0 Å². The van der Waals surface area contributed by atoms with Crippen LogP contribution in [0.5, 0.6) is 0 Å². The van der Waals surface area contributed by atoms with Gasteiger partial charge >= 0.3 is 0 Å². The van der Waals surface area contributed by atoms with Gasteiger partial charge in [-0.2, -0.15) is 4.31 Å². The minimum Gasteiger partial charge on any atom is -0.260 e. The number of nitro benzene ring substituents is 1. The molecule has 22 heavy (non-hydrogen) atoms. The minimum absolute atomic E-state index is 0.0342. The van der Waals surface area contributed by atoms with Crippen LogP contribution in [0, 0.1) is 15.9 Å². The molecule has 9 heteroatoms. The Morgan fingerprint density at radius 3 is 2.64 bits per heavy atom. The minimum atomic E-state index is -4.07. The molecule has 0 saturated carbocycles. The number of sulfonamides is 1. The highest BCUT2D eigenvalue weighted by Crippen LogP contribution is 2.23. The fourth-order valence-corrected chi connectivity index (χ4v) is 2.98. The predicted octanol–water partition coefficient (Wildman–Crippen LogP) is 1.95. The van der Waals surface area contributed by atoms with Crippen LogP contribution in [0.4, 0.5) is 10.1 Å². The molecule has 0 aliphatic heterocycles. The third-order valence-electron chi connectivity index (χ3n) is 2.89. The molecule has 1 aromatic heterocycles. The SMILES string of the molecule is CN(Cc1ccccn1)S(=O)(=O)c1cc(F)cc([N+](=O)[O-])c1. The summed E-state index contributed by atoms with van der Waals surface area (Å²) in [7, 11) is -2.77. The van der Waals surface area contributed by atoms with E-state index in [0.717, 1.165) is 16.4 Å². The summed E-state index contributed by atoms with van der Waals surface area (Å²) in [6.07, 6.45) is 1.52. The second-order valence-corrected chi connectivity index (χ2v) is 6.53. The average Bonchev–Trinajstić information content (AvgIpc) is 2.47. The maximum absolute atomic E-state index is 13.4. The van der Waals surface area contributed by atoms with Gasteiger partial charge in [0.25, 0.3) is 5.69 Å². The van der Waals surface area contributed by atoms with Gasteiger partial charge in [0.15, 0.2) is 0 Å². The molecular formula is C13H12FN3O4S. The maximum Gasteiger partial charge on any atom is 0.273 e. The van der Waals surface area contributed by atoms with Crippen LogP contribution in [0.15, 0.2) is 47.5 Å². The van der Waals surface area contributed by atoms with Crippen molar-refractivity contribution in [2.75, 3.05) is 7.05 Å². The number of benzene rings is 1. The largest absolute Gasteiger partial charge is 0.273 e. The molecule has 0 saturated heterocycles. The Balaban J connectivity index is 2.35. The number of pyridine rings is 1. The molecule has 0 aliphatic rings. The molecule has 0 radical (unpaired) electrons. The van der Waals surface area contributed by atoms with Gasteiger partial charge < -0.3 is 0 Å². The zero-order chi connectivity index (χ0) is 16.3. The van der Waals surface area contributed by atoms with Crippen molar-refractivity contribution in [1.29, 1.82) is 0 Å². The Hall–Kier alpha value is -2.39. The zero-order valence-corrected chi connectivity index (χ0v) is 12.3. The van der Waals surface area contributed by atoms with Crippen LogP contribution >= 0.6 is 0 Å². The fraction of sp³-hybridized carbons (Fsp3) is 0.154. The fourth-order valence-electron chi connectivity index (χ4n) is 1.79. The molecule has 2 rings (SSSR count). The van der Waals surface area contributed by atoms with Crippen molar-refractivity contribution in [2.24, 2.45) is 0 Å². The molecule has 0 amide bonds. The van der Waals surface area contributed by atoms with Crippen LogP contribution in [-0.2, 0) is 16.6 Å². The van der Waals surface area contributed by atoms with Crippen molar-refractivity contribution < 1.29 is 17.7 Å². The normalized spacial score (nSPS) is 11.6. The van der Waals surface area contributed by atoms with E-state index in [4.69, 9.17) is 0 Å². The van der Waals surface area contributed by atoms with Crippen LogP contribution in [0.25, 0.3) is 0 Å². The second-order valence-electron chi connectivity index (χ2n) is 4.48. The lowest BCUT2D eigenvalue weighted by Crippen LogP contribution is -2.27. The van der Waals surface area contributed by atoms with Crippen molar-refractivity contribution in [3.8, 4) is 0 Å².